The van der Waals surface area contributed by atoms with Gasteiger partial charge in [0, 0.05) is 43.7 Å². The second kappa shape index (κ2) is 8.11. The lowest BCUT2D eigenvalue weighted by atomic mass is 10.3. The molecule has 104 valence electrons. The van der Waals surface area contributed by atoms with Gasteiger partial charge < -0.3 is 0 Å². The Morgan fingerprint density at radius 1 is 0.762 bits per heavy atom. The standard InChI is InChI=1S/C12H8N6OS2/c13-17-15-9-5-1-3-7-11(9)20-19-21-12-8-4-2-6-10(12)16-18-14/h1-8H. The SMILES string of the molecule is [N-]=[N+]=Nc1ccccc1SOSc1ccccc1N=[N+]=[N-]. The van der Waals surface area contributed by atoms with Gasteiger partial charge in [-0.25, -0.2) is 3.63 Å². The summed E-state index contributed by atoms with van der Waals surface area (Å²) in [5.74, 6) is 0. The molecule has 0 aliphatic heterocycles. The monoisotopic (exact) mass is 316 g/mol. The van der Waals surface area contributed by atoms with Gasteiger partial charge >= 0.3 is 0 Å². The fourth-order valence-electron chi connectivity index (χ4n) is 1.41. The van der Waals surface area contributed by atoms with Crippen molar-refractivity contribution in [2.45, 2.75) is 9.79 Å². The summed E-state index contributed by atoms with van der Waals surface area (Å²) in [7, 11) is 0. The highest BCUT2D eigenvalue weighted by Gasteiger charge is 2.05. The molecule has 2 aromatic carbocycles. The molecular weight excluding hydrogens is 308 g/mol. The molecule has 0 aliphatic rings. The summed E-state index contributed by atoms with van der Waals surface area (Å²) >= 11 is 2.14. The molecule has 0 aromatic heterocycles. The van der Waals surface area contributed by atoms with Crippen LogP contribution in [0.2, 0.25) is 0 Å². The average Bonchev–Trinajstić information content (AvgIpc) is 2.51. The minimum Gasteiger partial charge on any atom is -0.237 e. The van der Waals surface area contributed by atoms with E-state index < -0.39 is 0 Å². The molecule has 0 unspecified atom stereocenters. The predicted molar refractivity (Wildman–Crippen MR) is 83.3 cm³/mol. The van der Waals surface area contributed by atoms with Crippen molar-refractivity contribution in [2.24, 2.45) is 10.2 Å². The van der Waals surface area contributed by atoms with Crippen molar-refractivity contribution in [3.8, 4) is 0 Å². The molecule has 0 aliphatic carbocycles. The molecule has 0 fully saturated rings. The Morgan fingerprint density at radius 3 is 1.62 bits per heavy atom. The maximum absolute atomic E-state index is 8.50. The van der Waals surface area contributed by atoms with Gasteiger partial charge in [0.05, 0.1) is 11.4 Å². The van der Waals surface area contributed by atoms with Crippen LogP contribution in [0.3, 0.4) is 0 Å². The predicted octanol–water partition coefficient (Wildman–Crippen LogP) is 6.30. The fourth-order valence-corrected chi connectivity index (χ4v) is 2.79. The van der Waals surface area contributed by atoms with Gasteiger partial charge in [-0.05, 0) is 23.2 Å². The van der Waals surface area contributed by atoms with Crippen molar-refractivity contribution >= 4 is 35.5 Å². The Balaban J connectivity index is 2.05. The summed E-state index contributed by atoms with van der Waals surface area (Å²) in [5, 5.41) is 7.17. The van der Waals surface area contributed by atoms with E-state index in [0.717, 1.165) is 24.1 Å². The van der Waals surface area contributed by atoms with Gasteiger partial charge in [-0.3, -0.25) is 0 Å². The quantitative estimate of drug-likeness (QED) is 0.270. The fraction of sp³-hybridized carbons (Fsp3) is 0. The molecular formula is C12H8N6OS2. The average molecular weight is 316 g/mol. The highest BCUT2D eigenvalue weighted by Crippen LogP contribution is 2.38. The first kappa shape index (κ1) is 15.1. The summed E-state index contributed by atoms with van der Waals surface area (Å²) in [5.41, 5.74) is 18.0. The van der Waals surface area contributed by atoms with Crippen LogP contribution in [0.25, 0.3) is 20.9 Å². The van der Waals surface area contributed by atoms with Gasteiger partial charge in [-0.2, -0.15) is 0 Å². The smallest absolute Gasteiger partial charge is 0.0534 e. The molecule has 0 amide bonds. The molecule has 0 spiro atoms. The Labute approximate surface area is 129 Å². The van der Waals surface area contributed by atoms with E-state index in [4.69, 9.17) is 14.7 Å². The summed E-state index contributed by atoms with van der Waals surface area (Å²) in [6.45, 7) is 0. The van der Waals surface area contributed by atoms with Crippen LogP contribution in [0.1, 0.15) is 0 Å². The first-order valence-corrected chi connectivity index (χ1v) is 7.13. The van der Waals surface area contributed by atoms with Gasteiger partial charge in [-0.15, -0.1) is 0 Å². The number of rotatable bonds is 6. The maximum Gasteiger partial charge on any atom is 0.0534 e. The van der Waals surface area contributed by atoms with Crippen molar-refractivity contribution in [3.63, 3.8) is 0 Å². The Kier molecular flexibility index (Phi) is 5.83. The largest absolute Gasteiger partial charge is 0.237 e. The van der Waals surface area contributed by atoms with Crippen LogP contribution < -0.4 is 0 Å². The Morgan fingerprint density at radius 2 is 1.19 bits per heavy atom. The first-order chi connectivity index (χ1) is 10.3. The van der Waals surface area contributed by atoms with E-state index in [1.807, 2.05) is 12.1 Å². The van der Waals surface area contributed by atoms with Crippen LogP contribution in [0.15, 0.2) is 68.6 Å². The molecule has 0 heterocycles. The molecule has 0 saturated carbocycles. The van der Waals surface area contributed by atoms with Crippen molar-refractivity contribution in [1.82, 2.24) is 0 Å². The lowest BCUT2D eigenvalue weighted by Gasteiger charge is -2.05. The van der Waals surface area contributed by atoms with Gasteiger partial charge in [0.2, 0.25) is 0 Å². The minimum atomic E-state index is 0.494. The third-order valence-corrected chi connectivity index (χ3v) is 3.88. The summed E-state index contributed by atoms with van der Waals surface area (Å²) in [6.07, 6.45) is 0. The Hall–Kier alpha value is -2.28. The van der Waals surface area contributed by atoms with Gasteiger partial charge in [-0.1, -0.05) is 46.6 Å². The van der Waals surface area contributed by atoms with Crippen LogP contribution in [-0.4, -0.2) is 0 Å². The van der Waals surface area contributed by atoms with Gasteiger partial charge in [0.15, 0.2) is 0 Å². The summed E-state index contributed by atoms with van der Waals surface area (Å²) in [4.78, 5) is 6.93. The summed E-state index contributed by atoms with van der Waals surface area (Å²) < 4.78 is 5.45. The molecule has 9 heteroatoms. The molecule has 0 atom stereocenters. The second-order valence-electron chi connectivity index (χ2n) is 3.55. The van der Waals surface area contributed by atoms with Crippen LogP contribution in [0, 0.1) is 0 Å². The normalized spacial score (nSPS) is 9.52. The van der Waals surface area contributed by atoms with Gasteiger partial charge in [0.25, 0.3) is 0 Å². The van der Waals surface area contributed by atoms with Crippen LogP contribution in [-0.2, 0) is 3.63 Å². The Bertz CT molecular complexity index is 664. The number of azide groups is 2. The molecule has 2 rings (SSSR count). The van der Waals surface area contributed by atoms with Crippen LogP contribution in [0.4, 0.5) is 11.4 Å². The van der Waals surface area contributed by atoms with E-state index in [0.29, 0.717) is 21.2 Å². The lowest BCUT2D eigenvalue weighted by Crippen LogP contribution is -1.75. The first-order valence-electron chi connectivity index (χ1n) is 5.64. The molecule has 0 saturated heterocycles. The van der Waals surface area contributed by atoms with Gasteiger partial charge in [0.1, 0.15) is 0 Å². The highest BCUT2D eigenvalue weighted by atomic mass is 32.2. The number of hydrogen-bond donors (Lipinski definition) is 0. The molecule has 21 heavy (non-hydrogen) atoms. The zero-order valence-electron chi connectivity index (χ0n) is 10.5. The molecule has 0 N–H and O–H groups in total. The maximum atomic E-state index is 8.50. The number of benzene rings is 2. The third kappa shape index (κ3) is 4.35. The highest BCUT2D eigenvalue weighted by molar-refractivity contribution is 8.08. The minimum absolute atomic E-state index is 0.494. The van der Waals surface area contributed by atoms with Crippen LogP contribution in [0.5, 0.6) is 0 Å². The van der Waals surface area contributed by atoms with Crippen molar-refractivity contribution < 1.29 is 3.63 Å². The van der Waals surface area contributed by atoms with Crippen molar-refractivity contribution in [3.05, 3.63) is 69.4 Å². The van der Waals surface area contributed by atoms with E-state index in [2.05, 4.69) is 20.1 Å². The zero-order chi connectivity index (χ0) is 14.9. The summed E-state index contributed by atoms with van der Waals surface area (Å²) in [6, 6.07) is 14.2. The van der Waals surface area contributed by atoms with Crippen LogP contribution >= 0.6 is 24.1 Å². The molecule has 0 bridgehead atoms. The van der Waals surface area contributed by atoms with E-state index in [-0.39, 0.29) is 0 Å². The van der Waals surface area contributed by atoms with Crippen molar-refractivity contribution in [1.29, 1.82) is 0 Å². The molecule has 7 nitrogen and oxygen atoms in total. The zero-order valence-corrected chi connectivity index (χ0v) is 12.2. The number of hydrogen-bond acceptors (Lipinski definition) is 5. The lowest BCUT2D eigenvalue weighted by molar-refractivity contribution is 0.757. The van der Waals surface area contributed by atoms with E-state index in [9.17, 15) is 0 Å². The third-order valence-electron chi connectivity index (χ3n) is 2.28. The van der Waals surface area contributed by atoms with E-state index in [1.54, 1.807) is 36.4 Å². The molecule has 2 aromatic rings. The topological polar surface area (TPSA) is 107 Å². The number of nitrogens with zero attached hydrogens (tertiary/aromatic N) is 6. The molecule has 0 radical (unpaired) electrons. The van der Waals surface area contributed by atoms with Crippen molar-refractivity contribution in [2.75, 3.05) is 0 Å². The van der Waals surface area contributed by atoms with E-state index >= 15 is 0 Å². The van der Waals surface area contributed by atoms with E-state index in [1.165, 1.54) is 0 Å². The second-order valence-corrected chi connectivity index (χ2v) is 5.31.